The van der Waals surface area contributed by atoms with Crippen molar-refractivity contribution in [1.82, 2.24) is 10.2 Å². The number of carbonyl (C=O) groups excluding carboxylic acids is 2. The van der Waals surface area contributed by atoms with Gasteiger partial charge in [0.1, 0.15) is 6.04 Å². The van der Waals surface area contributed by atoms with Crippen molar-refractivity contribution < 1.29 is 27.5 Å². The normalized spacial score (nSPS) is 19.2. The molecule has 0 radical (unpaired) electrons. The molecule has 0 spiro atoms. The number of hydrogen-bond acceptors (Lipinski definition) is 6. The molecule has 3 aromatic carbocycles. The van der Waals surface area contributed by atoms with E-state index in [-0.39, 0.29) is 17.7 Å². The minimum Gasteiger partial charge on any atom is -0.397 e. The highest BCUT2D eigenvalue weighted by Gasteiger charge is 2.38. The molecule has 2 amide bonds. The number of para-hydroxylation sites is 2. The van der Waals surface area contributed by atoms with Crippen LogP contribution in [0.5, 0.6) is 0 Å². The van der Waals surface area contributed by atoms with E-state index < -0.39 is 23.7 Å². The van der Waals surface area contributed by atoms with Crippen LogP contribution in [0.4, 0.5) is 30.2 Å². The molecule has 3 atom stereocenters. The second-order valence-electron chi connectivity index (χ2n) is 10.4. The molecule has 2 aliphatic heterocycles. The van der Waals surface area contributed by atoms with Crippen LogP contribution in [0.25, 0.3) is 6.08 Å². The Labute approximate surface area is 241 Å². The quantitative estimate of drug-likeness (QED) is 0.205. The maximum atomic E-state index is 13.3. The van der Waals surface area contributed by atoms with Crippen molar-refractivity contribution in [3.63, 3.8) is 0 Å². The van der Waals surface area contributed by atoms with Gasteiger partial charge in [0.2, 0.25) is 11.8 Å². The first-order chi connectivity index (χ1) is 20.2. The molecule has 3 unspecified atom stereocenters. The minimum absolute atomic E-state index is 0.262. The summed E-state index contributed by atoms with van der Waals surface area (Å²) in [5, 5.41) is 8.77. The molecule has 42 heavy (non-hydrogen) atoms. The van der Waals surface area contributed by atoms with Gasteiger partial charge < -0.3 is 26.4 Å². The van der Waals surface area contributed by atoms with Crippen LogP contribution in [-0.2, 0) is 20.5 Å². The highest BCUT2D eigenvalue weighted by Crippen LogP contribution is 2.30. The van der Waals surface area contributed by atoms with Gasteiger partial charge in [-0.2, -0.15) is 13.2 Å². The highest BCUT2D eigenvalue weighted by molar-refractivity contribution is 6.03. The standard InChI is InChI=1S/C31H32F3N5O3/c32-31(33,34)22-10-12-23(13-11-22)37-30(41)29(36-15-16-39-18-25-17-24(39)19-42-25)21-8-5-20(6-9-21)7-14-28(40)38-27-4-2-1-3-26(27)35/h1-14,24-25,29,36H,15-19,35H2,(H,37,41)(H,38,40). The van der Waals surface area contributed by atoms with Gasteiger partial charge in [-0.15, -0.1) is 0 Å². The Hall–Kier alpha value is -4.19. The number of nitrogens with one attached hydrogen (secondary N) is 3. The van der Waals surface area contributed by atoms with Crippen LogP contribution < -0.4 is 21.7 Å². The predicted octanol–water partition coefficient (Wildman–Crippen LogP) is 4.68. The third-order valence-electron chi connectivity index (χ3n) is 7.42. The number of anilines is 3. The molecule has 5 rings (SSSR count). The van der Waals surface area contributed by atoms with Crippen molar-refractivity contribution in [3.8, 4) is 0 Å². The monoisotopic (exact) mass is 579 g/mol. The Morgan fingerprint density at radius 3 is 2.40 bits per heavy atom. The number of amides is 2. The van der Waals surface area contributed by atoms with Gasteiger partial charge in [0.15, 0.2) is 0 Å². The molecule has 2 heterocycles. The number of fused-ring (bicyclic) bond motifs is 2. The molecule has 2 bridgehead atoms. The summed E-state index contributed by atoms with van der Waals surface area (Å²) in [6.07, 6.45) is -0.140. The maximum absolute atomic E-state index is 13.3. The van der Waals surface area contributed by atoms with E-state index in [0.717, 1.165) is 37.2 Å². The van der Waals surface area contributed by atoms with E-state index in [1.165, 1.54) is 18.2 Å². The van der Waals surface area contributed by atoms with Gasteiger partial charge in [0, 0.05) is 37.4 Å². The Bertz CT molecular complexity index is 1430. The summed E-state index contributed by atoms with van der Waals surface area (Å²) in [4.78, 5) is 28.0. The van der Waals surface area contributed by atoms with Crippen molar-refractivity contribution in [1.29, 1.82) is 0 Å². The first kappa shape index (κ1) is 29.3. The Balaban J connectivity index is 1.25. The number of nitrogens with two attached hydrogens (primary N) is 1. The lowest BCUT2D eigenvalue weighted by Crippen LogP contribution is -2.43. The van der Waals surface area contributed by atoms with E-state index in [1.54, 1.807) is 54.6 Å². The lowest BCUT2D eigenvalue weighted by molar-refractivity contribution is -0.137. The Kier molecular flexibility index (Phi) is 8.91. The fourth-order valence-electron chi connectivity index (χ4n) is 5.18. The second-order valence-corrected chi connectivity index (χ2v) is 10.4. The van der Waals surface area contributed by atoms with Gasteiger partial charge in [-0.05, 0) is 60.0 Å². The Morgan fingerprint density at radius 1 is 1.02 bits per heavy atom. The lowest BCUT2D eigenvalue weighted by atomic mass is 10.0. The molecule has 0 saturated carbocycles. The van der Waals surface area contributed by atoms with Crippen molar-refractivity contribution in [2.24, 2.45) is 0 Å². The number of nitrogen functional groups attached to an aromatic ring is 1. The van der Waals surface area contributed by atoms with Crippen molar-refractivity contribution in [3.05, 3.63) is 95.6 Å². The van der Waals surface area contributed by atoms with E-state index in [9.17, 15) is 22.8 Å². The topological polar surface area (TPSA) is 109 Å². The van der Waals surface area contributed by atoms with Crippen molar-refractivity contribution in [2.75, 3.05) is 42.6 Å². The molecule has 0 aliphatic carbocycles. The number of benzene rings is 3. The number of hydrogen-bond donors (Lipinski definition) is 4. The van der Waals surface area contributed by atoms with Gasteiger partial charge in [0.05, 0.1) is 29.6 Å². The van der Waals surface area contributed by atoms with E-state index >= 15 is 0 Å². The SMILES string of the molecule is Nc1ccccc1NC(=O)C=Cc1ccc(C(NCCN2CC3CC2CO3)C(=O)Nc2ccc(C(F)(F)F)cc2)cc1. The minimum atomic E-state index is -4.46. The van der Waals surface area contributed by atoms with Gasteiger partial charge in [-0.25, -0.2) is 0 Å². The van der Waals surface area contributed by atoms with Crippen LogP contribution in [0.15, 0.2) is 78.9 Å². The third kappa shape index (κ3) is 7.35. The molecule has 5 N–H and O–H groups in total. The number of nitrogens with zero attached hydrogens (tertiary/aromatic N) is 1. The molecule has 8 nitrogen and oxygen atoms in total. The fourth-order valence-corrected chi connectivity index (χ4v) is 5.18. The van der Waals surface area contributed by atoms with E-state index in [4.69, 9.17) is 10.5 Å². The maximum Gasteiger partial charge on any atom is 0.416 e. The van der Waals surface area contributed by atoms with Crippen molar-refractivity contribution >= 4 is 35.0 Å². The average Bonchev–Trinajstić information content (AvgIpc) is 3.59. The van der Waals surface area contributed by atoms with Crippen LogP contribution in [0.3, 0.4) is 0 Å². The first-order valence-corrected chi connectivity index (χ1v) is 13.7. The number of halogens is 3. The number of rotatable bonds is 10. The zero-order valence-corrected chi connectivity index (χ0v) is 22.7. The van der Waals surface area contributed by atoms with Crippen LogP contribution in [0.1, 0.15) is 29.2 Å². The molecular formula is C31H32F3N5O3. The van der Waals surface area contributed by atoms with Crippen LogP contribution in [0, 0.1) is 0 Å². The molecule has 2 saturated heterocycles. The molecule has 3 aromatic rings. The molecule has 11 heteroatoms. The number of alkyl halides is 3. The summed E-state index contributed by atoms with van der Waals surface area (Å²) >= 11 is 0. The van der Waals surface area contributed by atoms with E-state index in [0.29, 0.717) is 36.1 Å². The molecule has 2 fully saturated rings. The number of likely N-dealkylation sites (tertiary alicyclic amines) is 1. The molecular weight excluding hydrogens is 547 g/mol. The van der Waals surface area contributed by atoms with Gasteiger partial charge in [-0.3, -0.25) is 14.5 Å². The summed E-state index contributed by atoms with van der Waals surface area (Å²) < 4.78 is 44.5. The van der Waals surface area contributed by atoms with Crippen LogP contribution in [-0.4, -0.2) is 55.1 Å². The van der Waals surface area contributed by atoms with E-state index in [2.05, 4.69) is 20.9 Å². The Morgan fingerprint density at radius 2 is 1.76 bits per heavy atom. The first-order valence-electron chi connectivity index (χ1n) is 13.7. The molecule has 220 valence electrons. The highest BCUT2D eigenvalue weighted by atomic mass is 19.4. The summed E-state index contributed by atoms with van der Waals surface area (Å²) in [6.45, 7) is 2.84. The molecule has 0 aromatic heterocycles. The molecule has 2 aliphatic rings. The zero-order chi connectivity index (χ0) is 29.7. The summed E-state index contributed by atoms with van der Waals surface area (Å²) in [5.74, 6) is -0.738. The number of carbonyl (C=O) groups is 2. The number of ether oxygens (including phenoxy) is 1. The van der Waals surface area contributed by atoms with Gasteiger partial charge in [0.25, 0.3) is 0 Å². The van der Waals surface area contributed by atoms with Gasteiger partial charge in [-0.1, -0.05) is 36.4 Å². The lowest BCUT2D eigenvalue weighted by Gasteiger charge is -2.27. The average molecular weight is 580 g/mol. The van der Waals surface area contributed by atoms with Crippen LogP contribution in [0.2, 0.25) is 0 Å². The van der Waals surface area contributed by atoms with Crippen LogP contribution >= 0.6 is 0 Å². The summed E-state index contributed by atoms with van der Waals surface area (Å²) in [5.41, 5.74) is 7.74. The largest absolute Gasteiger partial charge is 0.416 e. The van der Waals surface area contributed by atoms with Crippen molar-refractivity contribution in [2.45, 2.75) is 30.8 Å². The zero-order valence-electron chi connectivity index (χ0n) is 22.7. The number of morpholine rings is 1. The predicted molar refractivity (Wildman–Crippen MR) is 155 cm³/mol. The third-order valence-corrected chi connectivity index (χ3v) is 7.42. The fraction of sp³-hybridized carbons (Fsp3) is 0.290. The second kappa shape index (κ2) is 12.8. The van der Waals surface area contributed by atoms with Gasteiger partial charge >= 0.3 is 6.18 Å². The smallest absolute Gasteiger partial charge is 0.397 e. The summed E-state index contributed by atoms with van der Waals surface area (Å²) in [6, 6.07) is 18.1. The van der Waals surface area contributed by atoms with E-state index in [1.807, 2.05) is 0 Å². The summed E-state index contributed by atoms with van der Waals surface area (Å²) in [7, 11) is 0.